The number of likely N-dealkylation sites (N-methyl/N-ethyl adjacent to an activating group) is 1. The standard InChI is InChI=1S/C5H10N/c1-3-4-5-6-2/h3-4H,5H2,1-2H3. The Hall–Kier alpha value is -0.300. The molecule has 35 valence electrons. The largest absolute Gasteiger partial charge is 0.241 e. The molecule has 0 N–H and O–H groups in total. The molecule has 0 bridgehead atoms. The molecule has 0 saturated carbocycles. The molecule has 1 nitrogen and oxygen atoms in total. The minimum atomic E-state index is 0.858. The van der Waals surface area contributed by atoms with Crippen LogP contribution >= 0.6 is 0 Å². The first-order chi connectivity index (χ1) is 2.91. The van der Waals surface area contributed by atoms with Gasteiger partial charge in [-0.15, -0.1) is 0 Å². The third-order valence-electron chi connectivity index (χ3n) is 0.524. The second-order valence-corrected chi connectivity index (χ2v) is 1.07. The van der Waals surface area contributed by atoms with Crippen molar-refractivity contribution in [2.45, 2.75) is 6.92 Å². The van der Waals surface area contributed by atoms with Crippen LogP contribution in [0.2, 0.25) is 0 Å². The zero-order valence-corrected chi connectivity index (χ0v) is 4.31. The zero-order valence-electron chi connectivity index (χ0n) is 4.31. The van der Waals surface area contributed by atoms with E-state index >= 15 is 0 Å². The number of nitrogens with zero attached hydrogens (tertiary/aromatic N) is 1. The predicted molar refractivity (Wildman–Crippen MR) is 27.7 cm³/mol. The summed E-state index contributed by atoms with van der Waals surface area (Å²) < 4.78 is 0. The van der Waals surface area contributed by atoms with E-state index in [1.807, 2.05) is 19.1 Å². The Morgan fingerprint density at radius 3 is 2.50 bits per heavy atom. The third kappa shape index (κ3) is 3.70. The molecule has 0 aromatic carbocycles. The van der Waals surface area contributed by atoms with Crippen molar-refractivity contribution >= 4 is 0 Å². The van der Waals surface area contributed by atoms with E-state index in [0.717, 1.165) is 6.54 Å². The molecule has 0 aliphatic carbocycles. The average Bonchev–Trinajstić information content (AvgIpc) is 1.61. The summed E-state index contributed by atoms with van der Waals surface area (Å²) in [7, 11) is 1.81. The van der Waals surface area contributed by atoms with Gasteiger partial charge in [0, 0.05) is 13.6 Å². The van der Waals surface area contributed by atoms with Gasteiger partial charge in [-0.2, -0.15) is 0 Å². The van der Waals surface area contributed by atoms with E-state index in [1.54, 1.807) is 7.05 Å². The van der Waals surface area contributed by atoms with Crippen molar-refractivity contribution in [1.29, 1.82) is 0 Å². The first-order valence-electron chi connectivity index (χ1n) is 2.08. The maximum Gasteiger partial charge on any atom is 0.0310 e. The summed E-state index contributed by atoms with van der Waals surface area (Å²) in [5.41, 5.74) is 0. The fraction of sp³-hybridized carbons (Fsp3) is 0.600. The molecular weight excluding hydrogens is 74.1 g/mol. The van der Waals surface area contributed by atoms with Crippen LogP contribution in [0.1, 0.15) is 6.92 Å². The first kappa shape index (κ1) is 5.70. The molecule has 0 heterocycles. The lowest BCUT2D eigenvalue weighted by molar-refractivity contribution is 0.898. The summed E-state index contributed by atoms with van der Waals surface area (Å²) in [6, 6.07) is 0. The fourth-order valence-corrected chi connectivity index (χ4v) is 0.211. The molecule has 0 aliphatic rings. The molecule has 0 aromatic rings. The van der Waals surface area contributed by atoms with Crippen LogP contribution in [-0.4, -0.2) is 13.6 Å². The lowest BCUT2D eigenvalue weighted by Crippen LogP contribution is -1.93. The van der Waals surface area contributed by atoms with Gasteiger partial charge in [-0.25, -0.2) is 5.32 Å². The highest BCUT2D eigenvalue weighted by molar-refractivity contribution is 4.77. The lowest BCUT2D eigenvalue weighted by Gasteiger charge is -1.78. The Bertz CT molecular complexity index is 39.2. The Morgan fingerprint density at radius 1 is 1.67 bits per heavy atom. The second kappa shape index (κ2) is 4.70. The van der Waals surface area contributed by atoms with E-state index in [1.165, 1.54) is 0 Å². The van der Waals surface area contributed by atoms with Gasteiger partial charge in [-0.05, 0) is 6.92 Å². The normalized spacial score (nSPS) is 10.3. The van der Waals surface area contributed by atoms with E-state index in [9.17, 15) is 0 Å². The molecular formula is C5H10N. The van der Waals surface area contributed by atoms with Gasteiger partial charge in [0.1, 0.15) is 0 Å². The third-order valence-corrected chi connectivity index (χ3v) is 0.524. The van der Waals surface area contributed by atoms with Gasteiger partial charge < -0.3 is 0 Å². The average molecular weight is 84.1 g/mol. The molecule has 0 spiro atoms. The maximum absolute atomic E-state index is 3.84. The Balaban J connectivity index is 2.66. The van der Waals surface area contributed by atoms with Gasteiger partial charge in [0.05, 0.1) is 0 Å². The number of rotatable bonds is 2. The predicted octanol–water partition coefficient (Wildman–Crippen LogP) is 0.797. The lowest BCUT2D eigenvalue weighted by atomic mass is 10.5. The molecule has 0 unspecified atom stereocenters. The summed E-state index contributed by atoms with van der Waals surface area (Å²) in [6.45, 7) is 2.85. The van der Waals surface area contributed by atoms with Crippen LogP contribution in [0, 0.1) is 0 Å². The van der Waals surface area contributed by atoms with E-state index in [0.29, 0.717) is 0 Å². The minimum Gasteiger partial charge on any atom is -0.241 e. The Morgan fingerprint density at radius 2 is 2.33 bits per heavy atom. The van der Waals surface area contributed by atoms with Crippen molar-refractivity contribution in [2.24, 2.45) is 0 Å². The van der Waals surface area contributed by atoms with Crippen LogP contribution in [0.4, 0.5) is 0 Å². The van der Waals surface area contributed by atoms with E-state index in [2.05, 4.69) is 5.32 Å². The summed E-state index contributed by atoms with van der Waals surface area (Å²) in [5, 5.41) is 3.84. The van der Waals surface area contributed by atoms with Crippen molar-refractivity contribution < 1.29 is 0 Å². The Kier molecular flexibility index (Phi) is 4.46. The van der Waals surface area contributed by atoms with Gasteiger partial charge in [-0.3, -0.25) is 0 Å². The van der Waals surface area contributed by atoms with E-state index < -0.39 is 0 Å². The maximum atomic E-state index is 3.84. The van der Waals surface area contributed by atoms with Crippen molar-refractivity contribution in [3.05, 3.63) is 12.2 Å². The van der Waals surface area contributed by atoms with Crippen molar-refractivity contribution in [3.8, 4) is 0 Å². The molecule has 1 heteroatoms. The fourth-order valence-electron chi connectivity index (χ4n) is 0.211. The van der Waals surface area contributed by atoms with Crippen LogP contribution < -0.4 is 5.32 Å². The second-order valence-electron chi connectivity index (χ2n) is 1.07. The Labute approximate surface area is 39.1 Å². The molecule has 0 aromatic heterocycles. The highest BCUT2D eigenvalue weighted by atomic mass is 14.8. The quantitative estimate of drug-likeness (QED) is 0.439. The number of allylic oxidation sites excluding steroid dienone is 1. The molecule has 0 saturated heterocycles. The number of hydrogen-bond donors (Lipinski definition) is 0. The van der Waals surface area contributed by atoms with Crippen LogP contribution in [0.3, 0.4) is 0 Å². The summed E-state index contributed by atoms with van der Waals surface area (Å²) in [6.07, 6.45) is 4.01. The van der Waals surface area contributed by atoms with Gasteiger partial charge >= 0.3 is 0 Å². The first-order valence-corrected chi connectivity index (χ1v) is 2.08. The minimum absolute atomic E-state index is 0.858. The van der Waals surface area contributed by atoms with E-state index in [-0.39, 0.29) is 0 Å². The van der Waals surface area contributed by atoms with Gasteiger partial charge in [0.15, 0.2) is 0 Å². The van der Waals surface area contributed by atoms with Crippen molar-refractivity contribution in [1.82, 2.24) is 5.32 Å². The molecule has 0 aliphatic heterocycles. The van der Waals surface area contributed by atoms with Crippen LogP contribution in [0.15, 0.2) is 12.2 Å². The molecule has 0 amide bonds. The van der Waals surface area contributed by atoms with Crippen molar-refractivity contribution in [3.63, 3.8) is 0 Å². The van der Waals surface area contributed by atoms with Crippen LogP contribution in [0.25, 0.3) is 0 Å². The van der Waals surface area contributed by atoms with E-state index in [4.69, 9.17) is 0 Å². The number of hydrogen-bond acceptors (Lipinski definition) is 0. The topological polar surface area (TPSA) is 14.1 Å². The SMILES string of the molecule is CC=CC[N]C. The van der Waals surface area contributed by atoms with Gasteiger partial charge in [0.25, 0.3) is 0 Å². The zero-order chi connectivity index (χ0) is 4.83. The molecule has 0 fully saturated rings. The monoisotopic (exact) mass is 84.1 g/mol. The van der Waals surface area contributed by atoms with Crippen molar-refractivity contribution in [2.75, 3.05) is 13.6 Å². The highest BCUT2D eigenvalue weighted by Gasteiger charge is 1.63. The summed E-state index contributed by atoms with van der Waals surface area (Å²) in [4.78, 5) is 0. The summed E-state index contributed by atoms with van der Waals surface area (Å²) >= 11 is 0. The van der Waals surface area contributed by atoms with Crippen LogP contribution in [0.5, 0.6) is 0 Å². The van der Waals surface area contributed by atoms with Gasteiger partial charge in [-0.1, -0.05) is 12.2 Å². The smallest absolute Gasteiger partial charge is 0.0310 e. The van der Waals surface area contributed by atoms with Gasteiger partial charge in [0.2, 0.25) is 0 Å². The molecule has 0 rings (SSSR count). The molecule has 6 heavy (non-hydrogen) atoms. The van der Waals surface area contributed by atoms with Crippen LogP contribution in [-0.2, 0) is 0 Å². The molecule has 1 radical (unpaired) electrons. The summed E-state index contributed by atoms with van der Waals surface area (Å²) in [5.74, 6) is 0. The molecule has 0 atom stereocenters. The highest BCUT2D eigenvalue weighted by Crippen LogP contribution is 1.63.